The average molecular weight is 308 g/mol. The summed E-state index contributed by atoms with van der Waals surface area (Å²) in [4.78, 5) is 11.8. The molecule has 3 N–H and O–H groups in total. The number of thiocarbonyl (C=S) groups is 1. The van der Waals surface area contributed by atoms with Crippen LogP contribution in [-0.4, -0.2) is 10.9 Å². The van der Waals surface area contributed by atoms with Gasteiger partial charge in [-0.1, -0.05) is 12.2 Å². The molecule has 0 unspecified atom stereocenters. The van der Waals surface area contributed by atoms with Gasteiger partial charge >= 0.3 is 6.18 Å². The average Bonchev–Trinajstić information content (AvgIpc) is 2.29. The second-order valence-electron chi connectivity index (χ2n) is 4.64. The summed E-state index contributed by atoms with van der Waals surface area (Å²) >= 11 is 4.71. The highest BCUT2D eigenvalue weighted by Gasteiger charge is 2.35. The lowest BCUT2D eigenvalue weighted by molar-refractivity contribution is -0.140. The van der Waals surface area contributed by atoms with E-state index in [1.807, 2.05) is 0 Å². The van der Waals surface area contributed by atoms with E-state index in [-0.39, 0.29) is 10.7 Å². The van der Waals surface area contributed by atoms with Gasteiger partial charge in [-0.05, 0) is 32.0 Å². The molecule has 8 heteroatoms. The summed E-state index contributed by atoms with van der Waals surface area (Å²) < 4.78 is 50.7. The molecule has 0 atom stereocenters. The van der Waals surface area contributed by atoms with Crippen molar-refractivity contribution in [1.82, 2.24) is 0 Å². The van der Waals surface area contributed by atoms with Crippen molar-refractivity contribution in [1.29, 1.82) is 0 Å². The van der Waals surface area contributed by atoms with Crippen molar-refractivity contribution in [3.05, 3.63) is 29.6 Å². The number of amides is 1. The van der Waals surface area contributed by atoms with Gasteiger partial charge in [0.05, 0.1) is 16.0 Å². The van der Waals surface area contributed by atoms with E-state index in [0.717, 1.165) is 6.07 Å². The number of carbonyl (C=O) groups excluding carboxylic acids is 1. The number of nitrogens with one attached hydrogen (secondary N) is 1. The van der Waals surface area contributed by atoms with E-state index >= 15 is 0 Å². The van der Waals surface area contributed by atoms with Crippen molar-refractivity contribution in [3.63, 3.8) is 0 Å². The van der Waals surface area contributed by atoms with Crippen molar-refractivity contribution < 1.29 is 22.4 Å². The number of anilines is 1. The highest BCUT2D eigenvalue weighted by atomic mass is 32.1. The molecule has 0 spiro atoms. The maximum atomic E-state index is 13.1. The highest BCUT2D eigenvalue weighted by Crippen LogP contribution is 2.33. The first-order valence-electron chi connectivity index (χ1n) is 5.44. The molecule has 0 saturated heterocycles. The molecule has 0 aliphatic heterocycles. The van der Waals surface area contributed by atoms with E-state index in [1.54, 1.807) is 0 Å². The minimum absolute atomic E-state index is 0.104. The fraction of sp³-hybridized carbons (Fsp3) is 0.333. The molecule has 1 aromatic rings. The maximum absolute atomic E-state index is 13.1. The molecule has 0 fully saturated rings. The molecule has 0 aliphatic rings. The van der Waals surface area contributed by atoms with Gasteiger partial charge < -0.3 is 11.1 Å². The zero-order chi connectivity index (χ0) is 15.7. The van der Waals surface area contributed by atoms with Crippen molar-refractivity contribution in [2.24, 2.45) is 11.1 Å². The zero-order valence-electron chi connectivity index (χ0n) is 10.6. The number of benzene rings is 1. The van der Waals surface area contributed by atoms with Crippen LogP contribution in [0.5, 0.6) is 0 Å². The summed E-state index contributed by atoms with van der Waals surface area (Å²) in [5.74, 6) is -2.09. The van der Waals surface area contributed by atoms with E-state index in [0.29, 0.717) is 12.1 Å². The van der Waals surface area contributed by atoms with Crippen LogP contribution in [0.2, 0.25) is 0 Å². The molecule has 110 valence electrons. The number of rotatable bonds is 3. The Hall–Kier alpha value is -1.70. The summed E-state index contributed by atoms with van der Waals surface area (Å²) in [5, 5.41) is 2.23. The Labute approximate surface area is 118 Å². The van der Waals surface area contributed by atoms with Gasteiger partial charge in [-0.25, -0.2) is 4.39 Å². The Morgan fingerprint density at radius 3 is 2.30 bits per heavy atom. The lowest BCUT2D eigenvalue weighted by Crippen LogP contribution is -2.41. The summed E-state index contributed by atoms with van der Waals surface area (Å²) in [6.45, 7) is 2.86. The van der Waals surface area contributed by atoms with Crippen molar-refractivity contribution >= 4 is 28.8 Å². The molecule has 1 rings (SSSR count). The Bertz CT molecular complexity index is 555. The smallest absolute Gasteiger partial charge is 0.392 e. The number of halogens is 4. The van der Waals surface area contributed by atoms with E-state index in [2.05, 4.69) is 5.32 Å². The van der Waals surface area contributed by atoms with Crippen molar-refractivity contribution in [2.75, 3.05) is 5.32 Å². The lowest BCUT2D eigenvalue weighted by Gasteiger charge is -2.22. The zero-order valence-corrected chi connectivity index (χ0v) is 11.5. The van der Waals surface area contributed by atoms with E-state index in [1.165, 1.54) is 13.8 Å². The normalized spacial score (nSPS) is 12.1. The van der Waals surface area contributed by atoms with Crippen LogP contribution in [0.25, 0.3) is 0 Å². The number of nitrogens with two attached hydrogens (primary N) is 1. The molecule has 20 heavy (non-hydrogen) atoms. The predicted molar refractivity (Wildman–Crippen MR) is 70.6 cm³/mol. The summed E-state index contributed by atoms with van der Waals surface area (Å²) in [5.41, 5.74) is 2.50. The molecule has 0 radical (unpaired) electrons. The number of carbonyl (C=O) groups is 1. The summed E-state index contributed by atoms with van der Waals surface area (Å²) in [6.07, 6.45) is -4.84. The first-order chi connectivity index (χ1) is 8.96. The van der Waals surface area contributed by atoms with Gasteiger partial charge in [0.2, 0.25) is 5.91 Å². The van der Waals surface area contributed by atoms with E-state index in [9.17, 15) is 22.4 Å². The van der Waals surface area contributed by atoms with E-state index in [4.69, 9.17) is 18.0 Å². The second-order valence-corrected chi connectivity index (χ2v) is 5.08. The van der Waals surface area contributed by atoms with Gasteiger partial charge in [0.1, 0.15) is 5.82 Å². The number of hydrogen-bond acceptors (Lipinski definition) is 2. The largest absolute Gasteiger partial charge is 0.419 e. The first kappa shape index (κ1) is 16.4. The topological polar surface area (TPSA) is 55.1 Å². The van der Waals surface area contributed by atoms with Crippen molar-refractivity contribution in [3.8, 4) is 0 Å². The SMILES string of the molecule is CC(C)(C(=O)Nc1ccc(F)c(C(F)(F)F)c1)C(N)=S. The predicted octanol–water partition coefficient (Wildman–Crippen LogP) is 3.10. The Morgan fingerprint density at radius 1 is 1.30 bits per heavy atom. The minimum Gasteiger partial charge on any atom is -0.392 e. The molecule has 1 aromatic carbocycles. The van der Waals surface area contributed by atoms with Crippen LogP contribution in [0.3, 0.4) is 0 Å². The molecule has 0 aromatic heterocycles. The lowest BCUT2D eigenvalue weighted by atomic mass is 9.92. The quantitative estimate of drug-likeness (QED) is 0.666. The van der Waals surface area contributed by atoms with Crippen molar-refractivity contribution in [2.45, 2.75) is 20.0 Å². The Kier molecular flexibility index (Phi) is 4.38. The fourth-order valence-electron chi connectivity index (χ4n) is 1.22. The maximum Gasteiger partial charge on any atom is 0.419 e. The van der Waals surface area contributed by atoms with Gasteiger partial charge in [-0.2, -0.15) is 13.2 Å². The molecule has 0 bridgehead atoms. The first-order valence-corrected chi connectivity index (χ1v) is 5.85. The van der Waals surface area contributed by atoms with Gasteiger partial charge in [0.25, 0.3) is 0 Å². The standard InChI is InChI=1S/C12H12F4N2OS/c1-11(2,9(17)20)10(19)18-6-3-4-8(13)7(5-6)12(14,15)16/h3-5H,1-2H3,(H2,17,20)(H,18,19). The Morgan fingerprint density at radius 2 is 1.85 bits per heavy atom. The molecular formula is C12H12F4N2OS. The van der Waals surface area contributed by atoms with Gasteiger partial charge in [-0.15, -0.1) is 0 Å². The second kappa shape index (κ2) is 5.35. The molecule has 3 nitrogen and oxygen atoms in total. The van der Waals surface area contributed by atoms with Gasteiger partial charge in [-0.3, -0.25) is 4.79 Å². The highest BCUT2D eigenvalue weighted by molar-refractivity contribution is 7.80. The number of alkyl halides is 3. The third-order valence-electron chi connectivity index (χ3n) is 2.71. The van der Waals surface area contributed by atoms with Crippen LogP contribution in [0.15, 0.2) is 18.2 Å². The Balaban J connectivity index is 3.07. The van der Waals surface area contributed by atoms with Gasteiger partial charge in [0.15, 0.2) is 0 Å². The number of hydrogen-bond donors (Lipinski definition) is 2. The summed E-state index contributed by atoms with van der Waals surface area (Å²) in [7, 11) is 0. The molecule has 0 heterocycles. The minimum atomic E-state index is -4.84. The summed E-state index contributed by atoms with van der Waals surface area (Å²) in [6, 6.07) is 2.17. The van der Waals surface area contributed by atoms with E-state index < -0.39 is 28.9 Å². The monoisotopic (exact) mass is 308 g/mol. The molecular weight excluding hydrogens is 296 g/mol. The van der Waals surface area contributed by atoms with Crippen LogP contribution >= 0.6 is 12.2 Å². The molecule has 0 aliphatic carbocycles. The van der Waals surface area contributed by atoms with Crippen LogP contribution in [0, 0.1) is 11.2 Å². The van der Waals surface area contributed by atoms with Crippen LogP contribution in [0.4, 0.5) is 23.2 Å². The fourth-order valence-corrected chi connectivity index (χ4v) is 1.31. The van der Waals surface area contributed by atoms with Gasteiger partial charge in [0, 0.05) is 5.69 Å². The third kappa shape index (κ3) is 3.44. The van der Waals surface area contributed by atoms with Crippen LogP contribution < -0.4 is 11.1 Å². The van der Waals surface area contributed by atoms with Crippen LogP contribution in [-0.2, 0) is 11.0 Å². The molecule has 0 saturated carbocycles. The third-order valence-corrected chi connectivity index (χ3v) is 3.22. The van der Waals surface area contributed by atoms with Crippen LogP contribution in [0.1, 0.15) is 19.4 Å². The molecule has 1 amide bonds.